The minimum atomic E-state index is -4.46. The molecule has 6 nitrogen and oxygen atoms in total. The zero-order chi connectivity index (χ0) is 18.4. The molecule has 1 saturated carbocycles. The number of nitrogens with zero attached hydrogens (tertiary/aromatic N) is 2. The Bertz CT molecular complexity index is 901. The molecule has 1 aromatic carbocycles. The number of aromatic nitrogens is 2. The molecule has 9 heteroatoms. The summed E-state index contributed by atoms with van der Waals surface area (Å²) in [5.41, 5.74) is -2.88. The number of hydrogen-bond donors (Lipinski definition) is 2. The molecule has 1 heterocycles. The van der Waals surface area contributed by atoms with E-state index in [-0.39, 0.29) is 6.54 Å². The summed E-state index contributed by atoms with van der Waals surface area (Å²) in [7, 11) is 0. The number of carbonyl (C=O) groups is 1. The maximum Gasteiger partial charge on any atom is 0.416 e. The summed E-state index contributed by atoms with van der Waals surface area (Å²) in [5, 5.41) is 22.2. The molecule has 1 fully saturated rings. The van der Waals surface area contributed by atoms with Crippen LogP contribution in [0, 0.1) is 0 Å². The van der Waals surface area contributed by atoms with Crippen molar-refractivity contribution >= 4 is 5.97 Å². The lowest BCUT2D eigenvalue weighted by Crippen LogP contribution is -2.25. The van der Waals surface area contributed by atoms with Gasteiger partial charge in [0.05, 0.1) is 18.3 Å². The predicted molar refractivity (Wildman–Crippen MR) is 79.5 cm³/mol. The van der Waals surface area contributed by atoms with Crippen LogP contribution in [0.1, 0.15) is 34.5 Å². The van der Waals surface area contributed by atoms with Crippen LogP contribution in [0.5, 0.6) is 5.75 Å². The van der Waals surface area contributed by atoms with E-state index in [1.54, 1.807) is 6.07 Å². The normalized spacial score (nSPS) is 15.8. The van der Waals surface area contributed by atoms with Gasteiger partial charge in [-0.1, -0.05) is 18.2 Å². The van der Waals surface area contributed by atoms with Crippen LogP contribution in [-0.4, -0.2) is 26.0 Å². The summed E-state index contributed by atoms with van der Waals surface area (Å²) < 4.78 is 39.8. The van der Waals surface area contributed by atoms with Crippen molar-refractivity contribution in [3.05, 3.63) is 57.5 Å². The molecule has 0 radical (unpaired) electrons. The number of aromatic carboxylic acids is 1. The van der Waals surface area contributed by atoms with Gasteiger partial charge in [0.25, 0.3) is 5.43 Å². The predicted octanol–water partition coefficient (Wildman–Crippen LogP) is 2.40. The van der Waals surface area contributed by atoms with E-state index >= 15 is 0 Å². The number of benzene rings is 1. The summed E-state index contributed by atoms with van der Waals surface area (Å²) in [6.07, 6.45) is -2.30. The zero-order valence-electron chi connectivity index (χ0n) is 12.7. The molecule has 1 aliphatic carbocycles. The van der Waals surface area contributed by atoms with Gasteiger partial charge < -0.3 is 10.2 Å². The number of alkyl halides is 3. The van der Waals surface area contributed by atoms with E-state index in [4.69, 9.17) is 5.11 Å². The highest BCUT2D eigenvalue weighted by molar-refractivity contribution is 5.85. The Hall–Kier alpha value is -2.84. The van der Waals surface area contributed by atoms with Crippen LogP contribution in [0.3, 0.4) is 0 Å². The largest absolute Gasteiger partial charge is 0.503 e. The molecule has 25 heavy (non-hydrogen) atoms. The molecular weight excluding hydrogens is 341 g/mol. The molecule has 0 unspecified atom stereocenters. The standard InChI is InChI=1S/C16H13F3N2O4/c17-16(18,19)10-3-1-2-9(6-10)15(4-5-15)8-21-7-11(22)13(23)12(20-21)14(24)25/h1-3,6-7,22H,4-5,8H2,(H,24,25). The van der Waals surface area contributed by atoms with Crippen molar-refractivity contribution in [1.29, 1.82) is 0 Å². The maximum absolute atomic E-state index is 12.9. The van der Waals surface area contributed by atoms with Gasteiger partial charge >= 0.3 is 12.1 Å². The molecule has 0 spiro atoms. The maximum atomic E-state index is 12.9. The van der Waals surface area contributed by atoms with E-state index in [9.17, 15) is 27.9 Å². The molecule has 1 aliphatic rings. The average Bonchev–Trinajstić information content (AvgIpc) is 3.30. The van der Waals surface area contributed by atoms with Gasteiger partial charge in [-0.15, -0.1) is 0 Å². The van der Waals surface area contributed by atoms with Crippen LogP contribution in [0.2, 0.25) is 0 Å². The van der Waals surface area contributed by atoms with Crippen LogP contribution in [0.25, 0.3) is 0 Å². The first-order valence-corrected chi connectivity index (χ1v) is 7.34. The quantitative estimate of drug-likeness (QED) is 0.880. The fourth-order valence-electron chi connectivity index (χ4n) is 2.77. The first-order valence-electron chi connectivity index (χ1n) is 7.34. The summed E-state index contributed by atoms with van der Waals surface area (Å²) >= 11 is 0. The molecule has 0 bridgehead atoms. The minimum Gasteiger partial charge on any atom is -0.503 e. The van der Waals surface area contributed by atoms with Crippen molar-refractivity contribution in [2.45, 2.75) is 31.0 Å². The monoisotopic (exact) mass is 354 g/mol. The Morgan fingerprint density at radius 3 is 2.56 bits per heavy atom. The van der Waals surface area contributed by atoms with Gasteiger partial charge in [0, 0.05) is 5.41 Å². The molecule has 2 N–H and O–H groups in total. The van der Waals surface area contributed by atoms with Crippen LogP contribution in [0.4, 0.5) is 13.2 Å². The Morgan fingerprint density at radius 2 is 2.00 bits per heavy atom. The van der Waals surface area contributed by atoms with E-state index < -0.39 is 40.0 Å². The highest BCUT2D eigenvalue weighted by Crippen LogP contribution is 2.50. The number of aromatic hydroxyl groups is 1. The molecule has 2 aromatic rings. The Morgan fingerprint density at radius 1 is 1.32 bits per heavy atom. The lowest BCUT2D eigenvalue weighted by atomic mass is 9.94. The molecule has 0 amide bonds. The van der Waals surface area contributed by atoms with E-state index in [0.29, 0.717) is 18.4 Å². The smallest absolute Gasteiger partial charge is 0.416 e. The Kier molecular flexibility index (Phi) is 3.81. The lowest BCUT2D eigenvalue weighted by molar-refractivity contribution is -0.137. The zero-order valence-corrected chi connectivity index (χ0v) is 12.7. The van der Waals surface area contributed by atoms with E-state index in [2.05, 4.69) is 5.10 Å². The van der Waals surface area contributed by atoms with Gasteiger partial charge in [-0.05, 0) is 24.5 Å². The molecule has 1 aromatic heterocycles. The number of carboxylic acid groups (broad SMARTS) is 1. The first-order chi connectivity index (χ1) is 11.6. The van der Waals surface area contributed by atoms with Crippen molar-refractivity contribution < 1.29 is 28.2 Å². The summed E-state index contributed by atoms with van der Waals surface area (Å²) in [4.78, 5) is 22.6. The first kappa shape index (κ1) is 17.0. The number of halogens is 3. The van der Waals surface area contributed by atoms with Crippen molar-refractivity contribution in [2.24, 2.45) is 0 Å². The van der Waals surface area contributed by atoms with Gasteiger partial charge in [0.2, 0.25) is 5.69 Å². The summed E-state index contributed by atoms with van der Waals surface area (Å²) in [6, 6.07) is 4.93. The number of rotatable bonds is 4. The van der Waals surface area contributed by atoms with Crippen LogP contribution >= 0.6 is 0 Å². The second-order valence-corrected chi connectivity index (χ2v) is 6.05. The van der Waals surface area contributed by atoms with Crippen molar-refractivity contribution in [3.8, 4) is 5.75 Å². The fraction of sp³-hybridized carbons (Fsp3) is 0.312. The van der Waals surface area contributed by atoms with Crippen molar-refractivity contribution in [2.75, 3.05) is 0 Å². The Labute approximate surface area is 139 Å². The third-order valence-corrected chi connectivity index (χ3v) is 4.27. The topological polar surface area (TPSA) is 92.4 Å². The van der Waals surface area contributed by atoms with Gasteiger partial charge in [0.1, 0.15) is 0 Å². The SMILES string of the molecule is O=C(O)c1nn(CC2(c3cccc(C(F)(F)F)c3)CC2)cc(O)c1=O. The van der Waals surface area contributed by atoms with Crippen molar-refractivity contribution in [1.82, 2.24) is 9.78 Å². The summed E-state index contributed by atoms with van der Waals surface area (Å²) in [6.45, 7) is 0.0580. The number of carboxylic acids is 1. The molecule has 3 rings (SSSR count). The van der Waals surface area contributed by atoms with Gasteiger partial charge in [-0.25, -0.2) is 4.79 Å². The van der Waals surface area contributed by atoms with Crippen LogP contribution < -0.4 is 5.43 Å². The van der Waals surface area contributed by atoms with Gasteiger partial charge in [-0.3, -0.25) is 9.48 Å². The van der Waals surface area contributed by atoms with Crippen molar-refractivity contribution in [3.63, 3.8) is 0 Å². The second-order valence-electron chi connectivity index (χ2n) is 6.05. The van der Waals surface area contributed by atoms with Gasteiger partial charge in [-0.2, -0.15) is 18.3 Å². The lowest BCUT2D eigenvalue weighted by Gasteiger charge is -2.19. The van der Waals surface area contributed by atoms with E-state index in [0.717, 1.165) is 23.0 Å². The molecule has 0 aliphatic heterocycles. The molecule has 0 atom stereocenters. The Balaban J connectivity index is 1.96. The second kappa shape index (κ2) is 5.61. The molecule has 132 valence electrons. The highest BCUT2D eigenvalue weighted by Gasteiger charge is 2.46. The van der Waals surface area contributed by atoms with Crippen LogP contribution in [0.15, 0.2) is 35.3 Å². The molecule has 0 saturated heterocycles. The highest BCUT2D eigenvalue weighted by atomic mass is 19.4. The van der Waals surface area contributed by atoms with Crippen LogP contribution in [-0.2, 0) is 18.1 Å². The summed E-state index contributed by atoms with van der Waals surface area (Å²) in [5.74, 6) is -2.36. The molecular formula is C16H13F3N2O4. The third kappa shape index (κ3) is 3.21. The third-order valence-electron chi connectivity index (χ3n) is 4.27. The minimum absolute atomic E-state index is 0.0580. The number of hydrogen-bond acceptors (Lipinski definition) is 4. The fourth-order valence-corrected chi connectivity index (χ4v) is 2.77. The van der Waals surface area contributed by atoms with Gasteiger partial charge in [0.15, 0.2) is 5.75 Å². The van der Waals surface area contributed by atoms with E-state index in [1.807, 2.05) is 0 Å². The van der Waals surface area contributed by atoms with E-state index in [1.165, 1.54) is 6.07 Å². The average molecular weight is 354 g/mol.